The van der Waals surface area contributed by atoms with Crippen molar-refractivity contribution < 1.29 is 4.79 Å². The number of unbranched alkanes of at least 4 members (excludes halogenated alkanes) is 2. The van der Waals surface area contributed by atoms with Gasteiger partial charge in [0.05, 0.1) is 0 Å². The summed E-state index contributed by atoms with van der Waals surface area (Å²) in [5.74, 6) is 0. The first kappa shape index (κ1) is 10.1. The normalized spacial score (nSPS) is 10.3. The molecule has 0 bridgehead atoms. The molecule has 0 fully saturated rings. The van der Waals surface area contributed by atoms with Crippen molar-refractivity contribution in [2.75, 3.05) is 13.1 Å². The van der Waals surface area contributed by atoms with E-state index in [1.807, 2.05) is 0 Å². The van der Waals surface area contributed by atoms with Crippen LogP contribution in [0.15, 0.2) is 0 Å². The van der Waals surface area contributed by atoms with Gasteiger partial charge in [0.25, 0.3) is 0 Å². The van der Waals surface area contributed by atoms with Gasteiger partial charge in [0.15, 0.2) is 0 Å². The van der Waals surface area contributed by atoms with Crippen LogP contribution in [0.2, 0.25) is 0 Å². The van der Waals surface area contributed by atoms with Crippen molar-refractivity contribution in [2.24, 2.45) is 0 Å². The fraction of sp³-hybridized carbons (Fsp3) is 0.857. The summed E-state index contributed by atoms with van der Waals surface area (Å²) < 4.78 is 2.17. The van der Waals surface area contributed by atoms with Gasteiger partial charge in [0, 0.05) is 13.0 Å². The molecule has 0 radical (unpaired) electrons. The van der Waals surface area contributed by atoms with Crippen molar-refractivity contribution in [1.29, 1.82) is 0 Å². The lowest BCUT2D eigenvalue weighted by Crippen LogP contribution is -2.11. The highest BCUT2D eigenvalue weighted by Crippen LogP contribution is 2.01. The predicted molar refractivity (Wildman–Crippen MR) is 46.9 cm³/mol. The van der Waals surface area contributed by atoms with Crippen LogP contribution in [0, 0.1) is 0 Å². The minimum Gasteiger partial charge on any atom is -0.303 e. The molecule has 0 saturated heterocycles. The minimum atomic E-state index is 0.711. The van der Waals surface area contributed by atoms with E-state index in [2.05, 4.69) is 21.0 Å². The number of carbonyl (C=O) groups is 1. The van der Waals surface area contributed by atoms with Gasteiger partial charge in [-0.3, -0.25) is 4.67 Å². The van der Waals surface area contributed by atoms with Crippen LogP contribution in [-0.2, 0) is 4.79 Å². The van der Waals surface area contributed by atoms with Crippen LogP contribution in [0.4, 0.5) is 0 Å². The van der Waals surface area contributed by atoms with Crippen molar-refractivity contribution in [2.45, 2.75) is 26.2 Å². The maximum absolute atomic E-state index is 9.90. The second kappa shape index (κ2) is 7.17. The Bertz CT molecular complexity index is 87.7. The van der Waals surface area contributed by atoms with Gasteiger partial charge in [-0.15, -0.1) is 0 Å². The van der Waals surface area contributed by atoms with Crippen LogP contribution in [0.3, 0.4) is 0 Å². The Kier molecular flexibility index (Phi) is 7.21. The zero-order valence-electron chi connectivity index (χ0n) is 6.55. The van der Waals surface area contributed by atoms with Gasteiger partial charge in [0.2, 0.25) is 0 Å². The van der Waals surface area contributed by atoms with Crippen molar-refractivity contribution in [1.82, 2.24) is 4.67 Å². The average molecular weight is 161 g/mol. The second-order valence-corrected chi connectivity index (χ2v) is 3.02. The number of aldehydes is 1. The molecule has 2 nitrogen and oxygen atoms in total. The lowest BCUT2D eigenvalue weighted by molar-refractivity contribution is -0.107. The van der Waals surface area contributed by atoms with E-state index in [1.165, 1.54) is 0 Å². The monoisotopic (exact) mass is 161 g/mol. The smallest absolute Gasteiger partial charge is 0.119 e. The Hall–Kier alpha value is 0.0600. The standard InChI is InChI=1S/C7H16NOP/c1-2-8(10)6-4-3-5-7-9/h7H,2-6,10H2,1H3. The topological polar surface area (TPSA) is 20.3 Å². The summed E-state index contributed by atoms with van der Waals surface area (Å²) in [6.07, 6.45) is 3.84. The molecule has 0 spiro atoms. The maximum Gasteiger partial charge on any atom is 0.119 e. The van der Waals surface area contributed by atoms with Crippen LogP contribution in [0.25, 0.3) is 0 Å². The molecule has 0 rings (SSSR count). The summed E-state index contributed by atoms with van der Waals surface area (Å²) in [6.45, 7) is 4.26. The number of hydrogen-bond donors (Lipinski definition) is 0. The van der Waals surface area contributed by atoms with Gasteiger partial charge in [-0.2, -0.15) is 0 Å². The zero-order valence-corrected chi connectivity index (χ0v) is 7.70. The Morgan fingerprint density at radius 3 is 2.70 bits per heavy atom. The molecule has 0 aliphatic heterocycles. The lowest BCUT2D eigenvalue weighted by atomic mass is 10.2. The van der Waals surface area contributed by atoms with Crippen molar-refractivity contribution in [3.63, 3.8) is 0 Å². The Labute approximate surface area is 65.2 Å². The molecule has 0 heterocycles. The minimum absolute atomic E-state index is 0.711. The zero-order chi connectivity index (χ0) is 7.82. The van der Waals surface area contributed by atoms with E-state index in [-0.39, 0.29) is 0 Å². The largest absolute Gasteiger partial charge is 0.303 e. The van der Waals surface area contributed by atoms with Gasteiger partial charge in [-0.25, -0.2) is 0 Å². The van der Waals surface area contributed by atoms with Gasteiger partial charge in [0.1, 0.15) is 6.29 Å². The fourth-order valence-electron chi connectivity index (χ4n) is 0.701. The summed E-state index contributed by atoms with van der Waals surface area (Å²) in [7, 11) is 2.67. The highest BCUT2D eigenvalue weighted by Gasteiger charge is 1.92. The average Bonchev–Trinajstić information content (AvgIpc) is 1.98. The third-order valence-corrected chi connectivity index (χ3v) is 2.05. The first-order valence-electron chi connectivity index (χ1n) is 3.74. The molecule has 0 saturated carbocycles. The third kappa shape index (κ3) is 6.18. The summed E-state index contributed by atoms with van der Waals surface area (Å²) in [5.41, 5.74) is 0. The number of nitrogens with zero attached hydrogens (tertiary/aromatic N) is 1. The van der Waals surface area contributed by atoms with Gasteiger partial charge in [-0.1, -0.05) is 16.3 Å². The Balaban J connectivity index is 2.95. The molecule has 0 aliphatic rings. The molecule has 0 aliphatic carbocycles. The van der Waals surface area contributed by atoms with Gasteiger partial charge >= 0.3 is 0 Å². The van der Waals surface area contributed by atoms with Crippen LogP contribution in [-0.4, -0.2) is 24.0 Å². The summed E-state index contributed by atoms with van der Waals surface area (Å²) in [6, 6.07) is 0. The molecule has 0 amide bonds. The van der Waals surface area contributed by atoms with E-state index in [9.17, 15) is 4.79 Å². The SMILES string of the molecule is CCN(P)CCCCC=O. The fourth-order valence-corrected chi connectivity index (χ4v) is 0.883. The quantitative estimate of drug-likeness (QED) is 0.334. The van der Waals surface area contributed by atoms with Gasteiger partial charge in [-0.05, 0) is 19.4 Å². The molecule has 0 N–H and O–H groups in total. The highest BCUT2D eigenvalue weighted by molar-refractivity contribution is 7.13. The molecular weight excluding hydrogens is 145 g/mol. The van der Waals surface area contributed by atoms with Crippen LogP contribution in [0.5, 0.6) is 0 Å². The highest BCUT2D eigenvalue weighted by atomic mass is 31.0. The van der Waals surface area contributed by atoms with Crippen molar-refractivity contribution in [3.05, 3.63) is 0 Å². The molecular formula is C7H16NOP. The second-order valence-electron chi connectivity index (χ2n) is 2.29. The first-order valence-corrected chi connectivity index (χ1v) is 4.26. The number of carbonyl (C=O) groups excluding carboxylic acids is 1. The van der Waals surface area contributed by atoms with E-state index in [1.54, 1.807) is 0 Å². The van der Waals surface area contributed by atoms with Crippen LogP contribution < -0.4 is 0 Å². The molecule has 1 atom stereocenters. The van der Waals surface area contributed by atoms with Gasteiger partial charge < -0.3 is 4.79 Å². The van der Waals surface area contributed by atoms with Crippen LogP contribution in [0.1, 0.15) is 26.2 Å². The third-order valence-electron chi connectivity index (χ3n) is 1.42. The summed E-state index contributed by atoms with van der Waals surface area (Å²) in [5, 5.41) is 0. The first-order chi connectivity index (χ1) is 4.81. The number of hydrogen-bond acceptors (Lipinski definition) is 2. The Morgan fingerprint density at radius 1 is 1.50 bits per heavy atom. The van der Waals surface area contributed by atoms with Crippen molar-refractivity contribution >= 4 is 15.7 Å². The molecule has 60 valence electrons. The maximum atomic E-state index is 9.90. The summed E-state index contributed by atoms with van der Waals surface area (Å²) in [4.78, 5) is 9.90. The predicted octanol–water partition coefficient (Wildman–Crippen LogP) is 1.47. The molecule has 0 aromatic rings. The lowest BCUT2D eigenvalue weighted by Gasteiger charge is -2.11. The van der Waals surface area contributed by atoms with E-state index in [4.69, 9.17) is 0 Å². The Morgan fingerprint density at radius 2 is 2.20 bits per heavy atom. The summed E-state index contributed by atoms with van der Waals surface area (Å²) >= 11 is 0. The molecule has 10 heavy (non-hydrogen) atoms. The van der Waals surface area contributed by atoms with Crippen LogP contribution >= 0.6 is 9.39 Å². The van der Waals surface area contributed by atoms with Crippen molar-refractivity contribution in [3.8, 4) is 0 Å². The molecule has 1 unspecified atom stereocenters. The molecule has 0 aromatic carbocycles. The van der Waals surface area contributed by atoms with E-state index >= 15 is 0 Å². The van der Waals surface area contributed by atoms with E-state index < -0.39 is 0 Å². The number of rotatable bonds is 6. The van der Waals surface area contributed by atoms with E-state index in [0.29, 0.717) is 6.42 Å². The molecule has 3 heteroatoms. The molecule has 0 aromatic heterocycles. The van der Waals surface area contributed by atoms with E-state index in [0.717, 1.165) is 32.2 Å².